The summed E-state index contributed by atoms with van der Waals surface area (Å²) in [5.74, 6) is -3.23. The minimum Gasteiger partial charge on any atom is -0.481 e. The summed E-state index contributed by atoms with van der Waals surface area (Å²) < 4.78 is 12.1. The number of carboxylic acids is 2. The maximum atomic E-state index is 12.1. The number of hydrogen-bond donors (Lipinski definition) is 3. The summed E-state index contributed by atoms with van der Waals surface area (Å²) in [7, 11) is 0. The summed E-state index contributed by atoms with van der Waals surface area (Å²) >= 11 is 0. The second-order valence-electron chi connectivity index (χ2n) is 4.87. The lowest BCUT2D eigenvalue weighted by Crippen LogP contribution is -2.35. The van der Waals surface area contributed by atoms with Crippen molar-refractivity contribution < 1.29 is 24.2 Å². The number of carbonyl (C=O) groups is 2. The third kappa shape index (κ3) is 5.86. The summed E-state index contributed by atoms with van der Waals surface area (Å²) in [6.07, 6.45) is 2.54. The number of nitrogens with zero attached hydrogens (tertiary/aromatic N) is 1. The van der Waals surface area contributed by atoms with Crippen LogP contribution in [0.4, 0.5) is 4.39 Å². The van der Waals surface area contributed by atoms with Crippen molar-refractivity contribution in [2.45, 2.75) is 31.7 Å². The molecule has 6 nitrogen and oxygen atoms in total. The van der Waals surface area contributed by atoms with Crippen molar-refractivity contribution in [1.29, 1.82) is 0 Å². The average molecular weight is 298 g/mol. The molecule has 0 spiro atoms. The number of alkyl halides is 1. The average Bonchev–Trinajstić information content (AvgIpc) is 2.45. The second-order valence-corrected chi connectivity index (χ2v) is 4.87. The number of carboxylic acid groups (broad SMARTS) is 2. The molecule has 0 bridgehead atoms. The Bertz CT molecular complexity index is 478. The molecule has 0 radical (unpaired) electrons. The topological polar surface area (TPSA) is 114 Å². The normalized spacial score (nSPS) is 13.6. The molecule has 0 fully saturated rings. The van der Waals surface area contributed by atoms with Gasteiger partial charge in [-0.15, -0.1) is 0 Å². The van der Waals surface area contributed by atoms with Crippen LogP contribution in [0.25, 0.3) is 0 Å². The molecule has 1 aromatic rings. The van der Waals surface area contributed by atoms with Crippen molar-refractivity contribution in [2.24, 2.45) is 11.7 Å². The van der Waals surface area contributed by atoms with E-state index >= 15 is 0 Å². The van der Waals surface area contributed by atoms with Crippen molar-refractivity contribution in [3.05, 3.63) is 29.6 Å². The number of halogens is 1. The summed E-state index contributed by atoms with van der Waals surface area (Å²) in [6.45, 7) is -0.393. The lowest BCUT2D eigenvalue weighted by Gasteiger charge is -2.14. The van der Waals surface area contributed by atoms with Gasteiger partial charge in [0.1, 0.15) is 6.04 Å². The SMILES string of the molecule is NC(C[C@H](Cc1ccc(CCCF)cn1)C(=O)O)C(=O)O. The molecule has 1 rings (SSSR count). The first-order valence-corrected chi connectivity index (χ1v) is 6.65. The number of aryl methyl sites for hydroxylation is 1. The molecule has 0 aliphatic heterocycles. The van der Waals surface area contributed by atoms with Gasteiger partial charge in [-0.1, -0.05) is 6.07 Å². The second kappa shape index (κ2) is 8.31. The third-order valence-corrected chi connectivity index (χ3v) is 3.15. The first-order valence-electron chi connectivity index (χ1n) is 6.65. The third-order valence-electron chi connectivity index (χ3n) is 3.15. The van der Waals surface area contributed by atoms with Crippen LogP contribution in [0.2, 0.25) is 0 Å². The predicted octanol–water partition coefficient (Wildman–Crippen LogP) is 1.03. The zero-order valence-electron chi connectivity index (χ0n) is 11.5. The highest BCUT2D eigenvalue weighted by molar-refractivity contribution is 5.75. The molecule has 1 unspecified atom stereocenters. The molecule has 1 aromatic heterocycles. The molecular weight excluding hydrogens is 279 g/mol. The monoisotopic (exact) mass is 298 g/mol. The van der Waals surface area contributed by atoms with Gasteiger partial charge in [0.15, 0.2) is 0 Å². The Balaban J connectivity index is 2.66. The van der Waals surface area contributed by atoms with Crippen LogP contribution < -0.4 is 5.73 Å². The maximum absolute atomic E-state index is 12.1. The molecule has 0 aliphatic carbocycles. The Kier molecular flexibility index (Phi) is 6.74. The van der Waals surface area contributed by atoms with Crippen molar-refractivity contribution in [1.82, 2.24) is 4.98 Å². The first kappa shape index (κ1) is 17.0. The fourth-order valence-electron chi connectivity index (χ4n) is 1.93. The van der Waals surface area contributed by atoms with Crippen LogP contribution in [0.5, 0.6) is 0 Å². The Labute approximate surface area is 121 Å². The van der Waals surface area contributed by atoms with Crippen LogP contribution in [0, 0.1) is 5.92 Å². The number of pyridine rings is 1. The van der Waals surface area contributed by atoms with E-state index in [1.54, 1.807) is 18.3 Å². The molecule has 7 heteroatoms. The molecule has 0 aliphatic rings. The predicted molar refractivity (Wildman–Crippen MR) is 73.6 cm³/mol. The molecule has 2 atom stereocenters. The number of aromatic nitrogens is 1. The van der Waals surface area contributed by atoms with Crippen LogP contribution in [0.1, 0.15) is 24.1 Å². The molecule has 0 aromatic carbocycles. The van der Waals surface area contributed by atoms with E-state index in [-0.39, 0.29) is 12.8 Å². The molecule has 0 saturated carbocycles. The van der Waals surface area contributed by atoms with E-state index in [1.807, 2.05) is 0 Å². The van der Waals surface area contributed by atoms with E-state index in [1.165, 1.54) is 0 Å². The minimum atomic E-state index is -1.23. The molecule has 0 saturated heterocycles. The summed E-state index contributed by atoms with van der Waals surface area (Å²) in [5, 5.41) is 17.9. The molecule has 116 valence electrons. The zero-order chi connectivity index (χ0) is 15.8. The molecule has 4 N–H and O–H groups in total. The highest BCUT2D eigenvalue weighted by atomic mass is 19.1. The Morgan fingerprint density at radius 2 is 2.00 bits per heavy atom. The summed E-state index contributed by atoms with van der Waals surface area (Å²) in [6, 6.07) is 2.24. The zero-order valence-corrected chi connectivity index (χ0v) is 11.5. The van der Waals surface area contributed by atoms with E-state index in [0.29, 0.717) is 18.5 Å². The van der Waals surface area contributed by atoms with Crippen molar-refractivity contribution in [3.63, 3.8) is 0 Å². The van der Waals surface area contributed by atoms with Gasteiger partial charge in [-0.3, -0.25) is 19.0 Å². The standard InChI is InChI=1S/C14H19FN2O4/c15-5-1-2-9-3-4-11(17-8-9)6-10(13(18)19)7-12(16)14(20)21/h3-4,8,10,12H,1-2,5-7,16H2,(H,18,19)(H,20,21)/t10-,12?/m0/s1. The van der Waals surface area contributed by atoms with E-state index in [9.17, 15) is 14.0 Å². The van der Waals surface area contributed by atoms with E-state index in [2.05, 4.69) is 4.98 Å². The lowest BCUT2D eigenvalue weighted by molar-refractivity contribution is -0.143. The van der Waals surface area contributed by atoms with Crippen LogP contribution in [0.3, 0.4) is 0 Å². The first-order chi connectivity index (χ1) is 9.93. The van der Waals surface area contributed by atoms with Gasteiger partial charge in [0, 0.05) is 18.3 Å². The maximum Gasteiger partial charge on any atom is 0.320 e. The Hall–Kier alpha value is -2.02. The smallest absolute Gasteiger partial charge is 0.320 e. The van der Waals surface area contributed by atoms with Crippen molar-refractivity contribution >= 4 is 11.9 Å². The van der Waals surface area contributed by atoms with Gasteiger partial charge in [-0.05, 0) is 30.9 Å². The van der Waals surface area contributed by atoms with E-state index < -0.39 is 30.6 Å². The fraction of sp³-hybridized carbons (Fsp3) is 0.500. The minimum absolute atomic E-state index is 0.111. The molecular formula is C14H19FN2O4. The van der Waals surface area contributed by atoms with Gasteiger partial charge in [-0.25, -0.2) is 0 Å². The fourth-order valence-corrected chi connectivity index (χ4v) is 1.93. The van der Waals surface area contributed by atoms with Crippen LogP contribution >= 0.6 is 0 Å². The van der Waals surface area contributed by atoms with Gasteiger partial charge in [0.25, 0.3) is 0 Å². The number of hydrogen-bond acceptors (Lipinski definition) is 4. The summed E-state index contributed by atoms with van der Waals surface area (Å²) in [4.78, 5) is 26.0. The van der Waals surface area contributed by atoms with Gasteiger partial charge in [0.2, 0.25) is 0 Å². The Morgan fingerprint density at radius 3 is 2.48 bits per heavy atom. The largest absolute Gasteiger partial charge is 0.481 e. The molecule has 1 heterocycles. The quantitative estimate of drug-likeness (QED) is 0.627. The molecule has 21 heavy (non-hydrogen) atoms. The van der Waals surface area contributed by atoms with Crippen LogP contribution in [-0.2, 0) is 22.4 Å². The Morgan fingerprint density at radius 1 is 1.29 bits per heavy atom. The van der Waals surface area contributed by atoms with E-state index in [4.69, 9.17) is 15.9 Å². The number of aliphatic carboxylic acids is 2. The number of rotatable bonds is 9. The van der Waals surface area contributed by atoms with Crippen molar-refractivity contribution in [2.75, 3.05) is 6.67 Å². The van der Waals surface area contributed by atoms with Gasteiger partial charge in [-0.2, -0.15) is 0 Å². The van der Waals surface area contributed by atoms with Gasteiger partial charge in [0.05, 0.1) is 12.6 Å². The van der Waals surface area contributed by atoms with E-state index in [0.717, 1.165) is 5.56 Å². The molecule has 0 amide bonds. The highest BCUT2D eigenvalue weighted by Crippen LogP contribution is 2.14. The highest BCUT2D eigenvalue weighted by Gasteiger charge is 2.25. The van der Waals surface area contributed by atoms with Crippen LogP contribution in [0.15, 0.2) is 18.3 Å². The van der Waals surface area contributed by atoms with Gasteiger partial charge < -0.3 is 15.9 Å². The number of nitrogens with two attached hydrogens (primary N) is 1. The summed E-state index contributed by atoms with van der Waals surface area (Å²) in [5.41, 5.74) is 6.79. The van der Waals surface area contributed by atoms with Crippen LogP contribution in [-0.4, -0.2) is 39.9 Å². The van der Waals surface area contributed by atoms with Crippen molar-refractivity contribution in [3.8, 4) is 0 Å². The lowest BCUT2D eigenvalue weighted by atomic mass is 9.95. The van der Waals surface area contributed by atoms with Gasteiger partial charge >= 0.3 is 11.9 Å².